The maximum atomic E-state index is 13.0. The minimum absolute atomic E-state index is 0.176. The molecule has 0 radical (unpaired) electrons. The van der Waals surface area contributed by atoms with Gasteiger partial charge in [0.2, 0.25) is 0 Å². The first-order valence-electron chi connectivity index (χ1n) is 5.10. The molecule has 15 heavy (non-hydrogen) atoms. The molecule has 0 unspecified atom stereocenters. The maximum Gasteiger partial charge on any atom is 0.148 e. The van der Waals surface area contributed by atoms with Crippen molar-refractivity contribution in [3.63, 3.8) is 0 Å². The smallest absolute Gasteiger partial charge is 0.148 e. The number of benzene rings is 1. The van der Waals surface area contributed by atoms with E-state index in [2.05, 4.69) is 5.32 Å². The summed E-state index contributed by atoms with van der Waals surface area (Å²) in [5, 5.41) is 3.10. The zero-order valence-corrected chi connectivity index (χ0v) is 8.92. The van der Waals surface area contributed by atoms with Gasteiger partial charge in [-0.1, -0.05) is 0 Å². The van der Waals surface area contributed by atoms with Crippen molar-refractivity contribution in [3.05, 3.63) is 24.0 Å². The van der Waals surface area contributed by atoms with Crippen LogP contribution in [0.15, 0.2) is 18.2 Å². The second-order valence-electron chi connectivity index (χ2n) is 3.21. The van der Waals surface area contributed by atoms with E-state index in [0.717, 1.165) is 31.9 Å². The average Bonchev–Trinajstić information content (AvgIpc) is 2.23. The quantitative estimate of drug-likeness (QED) is 0.561. The van der Waals surface area contributed by atoms with Gasteiger partial charge >= 0.3 is 0 Å². The van der Waals surface area contributed by atoms with Crippen molar-refractivity contribution in [1.82, 2.24) is 0 Å². The highest BCUT2D eigenvalue weighted by Crippen LogP contribution is 2.15. The van der Waals surface area contributed by atoms with Crippen molar-refractivity contribution in [3.8, 4) is 0 Å². The number of rotatable bonds is 6. The summed E-state index contributed by atoms with van der Waals surface area (Å²) in [4.78, 5) is 0. The summed E-state index contributed by atoms with van der Waals surface area (Å²) in [6.07, 6.45) is 0.903. The molecule has 0 spiro atoms. The number of hydrogen-bond acceptors (Lipinski definition) is 3. The predicted molar refractivity (Wildman–Crippen MR) is 60.4 cm³/mol. The van der Waals surface area contributed by atoms with E-state index in [9.17, 15) is 4.39 Å². The van der Waals surface area contributed by atoms with Gasteiger partial charge in [-0.2, -0.15) is 0 Å². The van der Waals surface area contributed by atoms with Gasteiger partial charge in [0, 0.05) is 25.4 Å². The van der Waals surface area contributed by atoms with Crippen LogP contribution in [0.1, 0.15) is 13.3 Å². The molecule has 1 aromatic carbocycles. The van der Waals surface area contributed by atoms with E-state index in [1.807, 2.05) is 6.92 Å². The molecule has 0 aliphatic heterocycles. The van der Waals surface area contributed by atoms with Crippen LogP contribution in [0, 0.1) is 5.82 Å². The monoisotopic (exact) mass is 212 g/mol. The van der Waals surface area contributed by atoms with E-state index >= 15 is 0 Å². The number of nitrogens with two attached hydrogens (primary N) is 1. The molecule has 3 N–H and O–H groups in total. The van der Waals surface area contributed by atoms with Gasteiger partial charge in [-0.3, -0.25) is 0 Å². The fourth-order valence-corrected chi connectivity index (χ4v) is 1.19. The van der Waals surface area contributed by atoms with E-state index in [-0.39, 0.29) is 11.5 Å². The predicted octanol–water partition coefficient (Wildman–Crippen LogP) is 2.25. The number of hydrogen-bond donors (Lipinski definition) is 2. The average molecular weight is 212 g/mol. The molecule has 0 saturated heterocycles. The molecule has 0 fully saturated rings. The summed E-state index contributed by atoms with van der Waals surface area (Å²) >= 11 is 0. The summed E-state index contributed by atoms with van der Waals surface area (Å²) in [5.74, 6) is -0.384. The van der Waals surface area contributed by atoms with E-state index in [1.165, 1.54) is 6.07 Å². The maximum absolute atomic E-state index is 13.0. The van der Waals surface area contributed by atoms with Gasteiger partial charge in [0.15, 0.2) is 0 Å². The van der Waals surface area contributed by atoms with Crippen LogP contribution in [0.4, 0.5) is 15.8 Å². The fraction of sp³-hybridized carbons (Fsp3) is 0.455. The molecule has 0 saturated carbocycles. The molecule has 0 bridgehead atoms. The first-order valence-corrected chi connectivity index (χ1v) is 5.10. The van der Waals surface area contributed by atoms with Crippen LogP contribution >= 0.6 is 0 Å². The first kappa shape index (κ1) is 11.8. The van der Waals surface area contributed by atoms with E-state index in [4.69, 9.17) is 10.5 Å². The highest BCUT2D eigenvalue weighted by atomic mass is 19.1. The molecular weight excluding hydrogens is 195 g/mol. The molecule has 0 aromatic heterocycles. The minimum atomic E-state index is -0.384. The van der Waals surface area contributed by atoms with Crippen LogP contribution in [0.5, 0.6) is 0 Å². The van der Waals surface area contributed by atoms with Crippen LogP contribution in [-0.2, 0) is 4.74 Å². The van der Waals surface area contributed by atoms with Crippen LogP contribution < -0.4 is 11.1 Å². The largest absolute Gasteiger partial charge is 0.396 e. The fourth-order valence-electron chi connectivity index (χ4n) is 1.19. The van der Waals surface area contributed by atoms with Gasteiger partial charge in [0.25, 0.3) is 0 Å². The highest BCUT2D eigenvalue weighted by Gasteiger charge is 1.98. The van der Waals surface area contributed by atoms with Gasteiger partial charge in [0.05, 0.1) is 5.69 Å². The van der Waals surface area contributed by atoms with Gasteiger partial charge in [-0.15, -0.1) is 0 Å². The van der Waals surface area contributed by atoms with E-state index in [1.54, 1.807) is 12.1 Å². The second kappa shape index (κ2) is 6.24. The summed E-state index contributed by atoms with van der Waals surface area (Å²) < 4.78 is 18.2. The molecular formula is C11H17FN2O. The van der Waals surface area contributed by atoms with Crippen LogP contribution in [0.25, 0.3) is 0 Å². The number of halogens is 1. The van der Waals surface area contributed by atoms with E-state index in [0.29, 0.717) is 0 Å². The Morgan fingerprint density at radius 3 is 2.93 bits per heavy atom. The third-order valence-electron chi connectivity index (χ3n) is 2.00. The molecule has 1 aromatic rings. The topological polar surface area (TPSA) is 47.3 Å². The van der Waals surface area contributed by atoms with Gasteiger partial charge < -0.3 is 15.8 Å². The molecule has 0 amide bonds. The first-order chi connectivity index (χ1) is 7.24. The Labute approximate surface area is 89.4 Å². The number of nitrogen functional groups attached to an aromatic ring is 1. The zero-order chi connectivity index (χ0) is 11.1. The number of anilines is 2. The highest BCUT2D eigenvalue weighted by molar-refractivity contribution is 5.52. The molecule has 0 aliphatic rings. The van der Waals surface area contributed by atoms with Gasteiger partial charge in [-0.05, 0) is 31.5 Å². The molecule has 4 heteroatoms. The Bertz CT molecular complexity index is 305. The minimum Gasteiger partial charge on any atom is -0.396 e. The van der Waals surface area contributed by atoms with Crippen molar-refractivity contribution in [2.45, 2.75) is 13.3 Å². The molecule has 1 rings (SSSR count). The Hall–Kier alpha value is -1.29. The SMILES string of the molecule is CCOCCCNc1ccc(N)c(F)c1. The Balaban J connectivity index is 2.28. The van der Waals surface area contributed by atoms with Crippen LogP contribution in [0.2, 0.25) is 0 Å². The number of ether oxygens (including phenoxy) is 1. The summed E-state index contributed by atoms with van der Waals surface area (Å²) in [6.45, 7) is 4.18. The Morgan fingerprint density at radius 1 is 1.47 bits per heavy atom. The van der Waals surface area contributed by atoms with Crippen molar-refractivity contribution in [1.29, 1.82) is 0 Å². The lowest BCUT2D eigenvalue weighted by atomic mass is 10.2. The lowest BCUT2D eigenvalue weighted by Gasteiger charge is -2.07. The molecule has 0 heterocycles. The van der Waals surface area contributed by atoms with Crippen molar-refractivity contribution >= 4 is 11.4 Å². The van der Waals surface area contributed by atoms with E-state index < -0.39 is 0 Å². The summed E-state index contributed by atoms with van der Waals surface area (Å²) in [5.41, 5.74) is 6.28. The van der Waals surface area contributed by atoms with Crippen molar-refractivity contribution < 1.29 is 9.13 Å². The van der Waals surface area contributed by atoms with Crippen LogP contribution in [0.3, 0.4) is 0 Å². The third kappa shape index (κ3) is 4.16. The second-order valence-corrected chi connectivity index (χ2v) is 3.21. The Kier molecular flexibility index (Phi) is 4.90. The molecule has 84 valence electrons. The Morgan fingerprint density at radius 2 is 2.27 bits per heavy atom. The zero-order valence-electron chi connectivity index (χ0n) is 8.92. The normalized spacial score (nSPS) is 10.3. The van der Waals surface area contributed by atoms with Crippen LogP contribution in [-0.4, -0.2) is 19.8 Å². The molecule has 3 nitrogen and oxygen atoms in total. The summed E-state index contributed by atoms with van der Waals surface area (Å²) in [6, 6.07) is 4.72. The number of nitrogens with one attached hydrogen (secondary N) is 1. The van der Waals surface area contributed by atoms with Gasteiger partial charge in [0.1, 0.15) is 5.82 Å². The lowest BCUT2D eigenvalue weighted by molar-refractivity contribution is 0.147. The molecule has 0 aliphatic carbocycles. The van der Waals surface area contributed by atoms with Crippen molar-refractivity contribution in [2.75, 3.05) is 30.8 Å². The standard InChI is InChI=1S/C11H17FN2O/c1-2-15-7-3-6-14-9-4-5-11(13)10(12)8-9/h4-5,8,14H,2-3,6-7,13H2,1H3. The third-order valence-corrected chi connectivity index (χ3v) is 2.00. The van der Waals surface area contributed by atoms with Gasteiger partial charge in [-0.25, -0.2) is 4.39 Å². The van der Waals surface area contributed by atoms with Crippen molar-refractivity contribution in [2.24, 2.45) is 0 Å². The lowest BCUT2D eigenvalue weighted by Crippen LogP contribution is -2.06. The molecule has 0 atom stereocenters. The summed E-state index contributed by atoms with van der Waals surface area (Å²) in [7, 11) is 0.